The van der Waals surface area contributed by atoms with Crippen molar-refractivity contribution in [1.82, 2.24) is 5.16 Å². The molecule has 4 aromatic rings. The molecule has 6 nitrogen and oxygen atoms in total. The lowest BCUT2D eigenvalue weighted by atomic mass is 9.91. The molecule has 1 atom stereocenters. The molecule has 0 radical (unpaired) electrons. The number of anilines is 1. The Morgan fingerprint density at radius 3 is 2.18 bits per heavy atom. The van der Waals surface area contributed by atoms with Crippen molar-refractivity contribution in [3.8, 4) is 28.2 Å². The van der Waals surface area contributed by atoms with E-state index in [9.17, 15) is 9.90 Å². The van der Waals surface area contributed by atoms with E-state index in [0.29, 0.717) is 0 Å². The van der Waals surface area contributed by atoms with E-state index in [2.05, 4.69) is 78.1 Å². The summed E-state index contributed by atoms with van der Waals surface area (Å²) in [5.41, 5.74) is 7.16. The van der Waals surface area contributed by atoms with Crippen LogP contribution in [0, 0.1) is 6.92 Å². The van der Waals surface area contributed by atoms with Crippen LogP contribution >= 0.6 is 0 Å². The molecule has 0 amide bonds. The molecule has 2 N–H and O–H groups in total. The zero-order valence-corrected chi connectivity index (χ0v) is 22.2. The molecule has 3 aromatic carbocycles. The van der Waals surface area contributed by atoms with Crippen LogP contribution in [0.5, 0.6) is 5.75 Å². The van der Waals surface area contributed by atoms with Crippen molar-refractivity contribution in [2.45, 2.75) is 57.4 Å². The van der Waals surface area contributed by atoms with Gasteiger partial charge in [0.25, 0.3) is 0 Å². The molecule has 38 heavy (non-hydrogen) atoms. The summed E-state index contributed by atoms with van der Waals surface area (Å²) in [5.74, 6) is 0.880. The molecule has 1 aliphatic carbocycles. The van der Waals surface area contributed by atoms with Crippen LogP contribution in [-0.2, 0) is 16.6 Å². The smallest absolute Gasteiger partial charge is 0.304 e. The highest BCUT2D eigenvalue weighted by molar-refractivity contribution is 5.77. The summed E-state index contributed by atoms with van der Waals surface area (Å²) in [6.07, 6.45) is 4.02. The zero-order valence-electron chi connectivity index (χ0n) is 22.2. The zero-order chi connectivity index (χ0) is 26.7. The van der Waals surface area contributed by atoms with Crippen molar-refractivity contribution in [2.75, 3.05) is 12.4 Å². The van der Waals surface area contributed by atoms with Gasteiger partial charge < -0.3 is 19.7 Å². The van der Waals surface area contributed by atoms with E-state index in [1.54, 1.807) is 7.11 Å². The van der Waals surface area contributed by atoms with E-state index in [1.165, 1.54) is 5.56 Å². The van der Waals surface area contributed by atoms with E-state index in [1.807, 2.05) is 19.1 Å². The summed E-state index contributed by atoms with van der Waals surface area (Å²) in [4.78, 5) is 11.2. The third kappa shape index (κ3) is 5.59. The molecule has 0 spiro atoms. The Morgan fingerprint density at radius 1 is 1.00 bits per heavy atom. The first kappa shape index (κ1) is 25.6. The number of carboxylic acid groups (broad SMARTS) is 1. The van der Waals surface area contributed by atoms with Crippen LogP contribution in [0.3, 0.4) is 0 Å². The fourth-order valence-corrected chi connectivity index (χ4v) is 5.07. The standard InChI is InChI=1S/C32H34N2O4/c1-21(4-5-23-6-16-28(37-3)17-7-23)33-30-22(2)34-38-31(30)26-10-8-24(9-11-26)25-12-14-27(15-13-25)32(18-19-32)20-29(35)36/h6-17,21,33H,4-5,18-20H2,1-3H3,(H,35,36). The van der Waals surface area contributed by atoms with Crippen LogP contribution in [0.2, 0.25) is 0 Å². The van der Waals surface area contributed by atoms with Crippen molar-refractivity contribution in [2.24, 2.45) is 0 Å². The summed E-state index contributed by atoms with van der Waals surface area (Å²) < 4.78 is 11.0. The van der Waals surface area contributed by atoms with Crippen molar-refractivity contribution >= 4 is 11.7 Å². The minimum atomic E-state index is -0.731. The first-order valence-electron chi connectivity index (χ1n) is 13.2. The quantitative estimate of drug-likeness (QED) is 0.221. The molecule has 0 bridgehead atoms. The van der Waals surface area contributed by atoms with Gasteiger partial charge in [-0.3, -0.25) is 4.79 Å². The fraction of sp³-hybridized carbons (Fsp3) is 0.312. The molecule has 1 saturated carbocycles. The van der Waals surface area contributed by atoms with Crippen LogP contribution < -0.4 is 10.1 Å². The number of nitrogens with zero attached hydrogens (tertiary/aromatic N) is 1. The van der Waals surface area contributed by atoms with Gasteiger partial charge in [0.15, 0.2) is 5.76 Å². The Morgan fingerprint density at radius 2 is 1.61 bits per heavy atom. The van der Waals surface area contributed by atoms with Gasteiger partial charge in [0.1, 0.15) is 17.1 Å². The van der Waals surface area contributed by atoms with Crippen LogP contribution in [0.15, 0.2) is 77.3 Å². The summed E-state index contributed by atoms with van der Waals surface area (Å²) in [6.45, 7) is 4.13. The average Bonchev–Trinajstić information content (AvgIpc) is 3.62. The normalized spacial score (nSPS) is 14.6. The number of carbonyl (C=O) groups is 1. The lowest BCUT2D eigenvalue weighted by Gasteiger charge is -2.16. The number of aryl methyl sites for hydroxylation is 2. The predicted octanol–water partition coefficient (Wildman–Crippen LogP) is 7.27. The van der Waals surface area contributed by atoms with Crippen molar-refractivity contribution in [3.05, 3.63) is 89.6 Å². The van der Waals surface area contributed by atoms with Crippen molar-refractivity contribution in [3.63, 3.8) is 0 Å². The van der Waals surface area contributed by atoms with Gasteiger partial charge >= 0.3 is 5.97 Å². The van der Waals surface area contributed by atoms with Crippen LogP contribution in [-0.4, -0.2) is 29.4 Å². The maximum Gasteiger partial charge on any atom is 0.304 e. The molecule has 1 heterocycles. The SMILES string of the molecule is COc1ccc(CCC(C)Nc2c(C)noc2-c2ccc(-c3ccc(C4(CC(=O)O)CC4)cc3)cc2)cc1. The number of hydrogen-bond acceptors (Lipinski definition) is 5. The Balaban J connectivity index is 1.25. The molecule has 6 heteroatoms. The van der Waals surface area contributed by atoms with Gasteiger partial charge in [-0.1, -0.05) is 65.8 Å². The van der Waals surface area contributed by atoms with Crippen LogP contribution in [0.1, 0.15) is 49.4 Å². The summed E-state index contributed by atoms with van der Waals surface area (Å²) in [7, 11) is 1.68. The van der Waals surface area contributed by atoms with E-state index >= 15 is 0 Å². The van der Waals surface area contributed by atoms with Gasteiger partial charge in [0.05, 0.1) is 13.5 Å². The predicted molar refractivity (Wildman–Crippen MR) is 150 cm³/mol. The lowest BCUT2D eigenvalue weighted by molar-refractivity contribution is -0.137. The third-order valence-corrected chi connectivity index (χ3v) is 7.60. The molecule has 0 saturated heterocycles. The maximum atomic E-state index is 11.2. The van der Waals surface area contributed by atoms with Gasteiger partial charge in [0.2, 0.25) is 0 Å². The van der Waals surface area contributed by atoms with Crippen LogP contribution in [0.4, 0.5) is 5.69 Å². The van der Waals surface area contributed by atoms with Gasteiger partial charge in [-0.25, -0.2) is 0 Å². The number of aromatic nitrogens is 1. The molecular weight excluding hydrogens is 476 g/mol. The molecule has 1 aromatic heterocycles. The lowest BCUT2D eigenvalue weighted by Crippen LogP contribution is -2.16. The van der Waals surface area contributed by atoms with Crippen molar-refractivity contribution < 1.29 is 19.2 Å². The monoisotopic (exact) mass is 510 g/mol. The number of rotatable bonds is 11. The first-order chi connectivity index (χ1) is 18.4. The second kappa shape index (κ2) is 10.7. The topological polar surface area (TPSA) is 84.6 Å². The number of methoxy groups -OCH3 is 1. The summed E-state index contributed by atoms with van der Waals surface area (Å²) in [5, 5.41) is 17.1. The van der Waals surface area contributed by atoms with E-state index in [0.717, 1.165) is 70.8 Å². The minimum absolute atomic E-state index is 0.173. The van der Waals surface area contributed by atoms with E-state index < -0.39 is 5.97 Å². The Bertz CT molecular complexity index is 1390. The second-order valence-electron chi connectivity index (χ2n) is 10.4. The Kier molecular flexibility index (Phi) is 7.23. The number of ether oxygens (including phenoxy) is 1. The molecule has 196 valence electrons. The highest BCUT2D eigenvalue weighted by Crippen LogP contribution is 2.51. The highest BCUT2D eigenvalue weighted by atomic mass is 16.5. The average molecular weight is 511 g/mol. The molecule has 1 aliphatic rings. The van der Waals surface area contributed by atoms with Gasteiger partial charge in [-0.2, -0.15) is 0 Å². The minimum Gasteiger partial charge on any atom is -0.497 e. The number of aliphatic carboxylic acids is 1. The number of carboxylic acids is 1. The molecule has 1 unspecified atom stereocenters. The second-order valence-corrected chi connectivity index (χ2v) is 10.4. The highest BCUT2D eigenvalue weighted by Gasteiger charge is 2.45. The molecule has 1 fully saturated rings. The van der Waals surface area contributed by atoms with Gasteiger partial charge in [-0.15, -0.1) is 0 Å². The molecule has 5 rings (SSSR count). The summed E-state index contributed by atoms with van der Waals surface area (Å²) in [6, 6.07) is 25.1. The maximum absolute atomic E-state index is 11.2. The Labute approximate surface area is 223 Å². The molecule has 0 aliphatic heterocycles. The van der Waals surface area contributed by atoms with Crippen LogP contribution in [0.25, 0.3) is 22.5 Å². The van der Waals surface area contributed by atoms with Gasteiger partial charge in [0, 0.05) is 17.0 Å². The van der Waals surface area contributed by atoms with Gasteiger partial charge in [-0.05, 0) is 73.9 Å². The Hall–Kier alpha value is -4.06. The summed E-state index contributed by atoms with van der Waals surface area (Å²) >= 11 is 0. The fourth-order valence-electron chi connectivity index (χ4n) is 5.07. The number of nitrogens with one attached hydrogen (secondary N) is 1. The molecular formula is C32H34N2O4. The van der Waals surface area contributed by atoms with E-state index in [4.69, 9.17) is 9.26 Å². The number of hydrogen-bond donors (Lipinski definition) is 2. The largest absolute Gasteiger partial charge is 0.497 e. The first-order valence-corrected chi connectivity index (χ1v) is 13.2. The van der Waals surface area contributed by atoms with E-state index in [-0.39, 0.29) is 17.9 Å². The third-order valence-electron chi connectivity index (χ3n) is 7.60. The van der Waals surface area contributed by atoms with Crippen molar-refractivity contribution in [1.29, 1.82) is 0 Å². The number of benzene rings is 3.